The van der Waals surface area contributed by atoms with Crippen LogP contribution in [0.15, 0.2) is 41.6 Å². The quantitative estimate of drug-likeness (QED) is 0.358. The van der Waals surface area contributed by atoms with Crippen molar-refractivity contribution in [2.75, 3.05) is 31.5 Å². The first-order valence-electron chi connectivity index (χ1n) is 12.4. The van der Waals surface area contributed by atoms with Gasteiger partial charge in [0, 0.05) is 42.6 Å². The van der Waals surface area contributed by atoms with Crippen molar-refractivity contribution >= 4 is 17.7 Å². The molecule has 1 saturated carbocycles. The van der Waals surface area contributed by atoms with Gasteiger partial charge < -0.3 is 41.0 Å². The Hall–Kier alpha value is -2.30. The number of nitrogens with zero attached hydrogens (tertiary/aromatic N) is 3. The van der Waals surface area contributed by atoms with Crippen molar-refractivity contribution in [1.29, 1.82) is 0 Å². The number of piperidine rings is 3. The normalized spacial score (nSPS) is 27.9. The minimum absolute atomic E-state index is 0. The fourth-order valence-corrected chi connectivity index (χ4v) is 6.18. The molecule has 0 radical (unpaired) electrons. The summed E-state index contributed by atoms with van der Waals surface area (Å²) >= 11 is 0. The molecule has 9 nitrogen and oxygen atoms in total. The minimum atomic E-state index is -1.70. The lowest BCUT2D eigenvalue weighted by Crippen LogP contribution is -3.00. The van der Waals surface area contributed by atoms with Crippen LogP contribution >= 0.6 is 0 Å². The Morgan fingerprint density at radius 2 is 1.94 bits per heavy atom. The second kappa shape index (κ2) is 10.8. The molecule has 1 unspecified atom stereocenters. The van der Waals surface area contributed by atoms with Crippen LogP contribution in [0.25, 0.3) is 0 Å². The molecule has 2 bridgehead atoms. The van der Waals surface area contributed by atoms with Gasteiger partial charge in [-0.15, -0.1) is 0 Å². The third-order valence-corrected chi connectivity index (χ3v) is 8.08. The molecule has 2 N–H and O–H groups in total. The highest BCUT2D eigenvalue weighted by Gasteiger charge is 2.53. The molecule has 5 heterocycles. The molecule has 4 fully saturated rings. The smallest absolute Gasteiger partial charge is 0.343 e. The van der Waals surface area contributed by atoms with Crippen LogP contribution in [0.3, 0.4) is 0 Å². The van der Waals surface area contributed by atoms with Crippen molar-refractivity contribution < 1.29 is 45.3 Å². The largest absolute Gasteiger partial charge is 1.00 e. The number of halogens is 1. The number of hydrogen-bond donors (Lipinski definition) is 2. The highest BCUT2D eigenvalue weighted by molar-refractivity contribution is 5.90. The van der Waals surface area contributed by atoms with E-state index in [1.54, 1.807) is 12.3 Å². The number of nitrogens with one attached hydrogen (secondary N) is 1. The maximum absolute atomic E-state index is 13.6. The molecule has 2 atom stereocenters. The molecule has 4 aliphatic rings. The molecule has 3 saturated heterocycles. The van der Waals surface area contributed by atoms with Crippen LogP contribution in [0.4, 0.5) is 5.82 Å². The van der Waals surface area contributed by atoms with E-state index in [0.29, 0.717) is 29.0 Å². The molecule has 190 valence electrons. The van der Waals surface area contributed by atoms with Gasteiger partial charge in [-0.3, -0.25) is 9.78 Å². The molecule has 0 spiro atoms. The highest BCUT2D eigenvalue weighted by Crippen LogP contribution is 2.42. The van der Waals surface area contributed by atoms with Gasteiger partial charge in [-0.2, -0.15) is 0 Å². The van der Waals surface area contributed by atoms with Crippen LogP contribution in [0, 0.1) is 11.8 Å². The van der Waals surface area contributed by atoms with E-state index in [9.17, 15) is 14.7 Å². The van der Waals surface area contributed by atoms with Crippen LogP contribution in [0.2, 0.25) is 0 Å². The van der Waals surface area contributed by atoms with Crippen LogP contribution < -0.4 is 22.3 Å². The van der Waals surface area contributed by atoms with E-state index < -0.39 is 11.6 Å². The van der Waals surface area contributed by atoms with E-state index in [1.807, 2.05) is 0 Å². The predicted octanol–water partition coefficient (Wildman–Crippen LogP) is -0.368. The number of aromatic nitrogens is 2. The fraction of sp³-hybridized carbons (Fsp3) is 0.600. The number of fused-ring (bicyclic) bond motifs is 3. The minimum Gasteiger partial charge on any atom is -1.00 e. The third-order valence-electron chi connectivity index (χ3n) is 8.08. The number of amides is 1. The summed E-state index contributed by atoms with van der Waals surface area (Å²) in [5.74, 6) is -0.205. The van der Waals surface area contributed by atoms with Crippen LogP contribution in [0.5, 0.6) is 0 Å². The number of quaternary nitrogens is 1. The van der Waals surface area contributed by atoms with Crippen LogP contribution in [-0.2, 0) is 19.9 Å². The summed E-state index contributed by atoms with van der Waals surface area (Å²) in [7, 11) is 0. The van der Waals surface area contributed by atoms with Gasteiger partial charge in [0.05, 0.1) is 31.8 Å². The van der Waals surface area contributed by atoms with Gasteiger partial charge in [0.15, 0.2) is 24.1 Å². The number of carbonyl (C=O) groups excluding carboxylic acids is 2. The molecule has 1 amide bonds. The number of anilines is 1. The topological polar surface area (TPSA) is 115 Å². The first-order chi connectivity index (χ1) is 16.5. The maximum Gasteiger partial charge on any atom is 0.343 e. The van der Waals surface area contributed by atoms with Crippen LogP contribution in [0.1, 0.15) is 50.5 Å². The van der Waals surface area contributed by atoms with Gasteiger partial charge >= 0.3 is 5.97 Å². The summed E-state index contributed by atoms with van der Waals surface area (Å²) < 4.78 is 11.9. The lowest BCUT2D eigenvalue weighted by Gasteiger charge is -2.52. The Balaban J connectivity index is 0.00000289. The van der Waals surface area contributed by atoms with Crippen molar-refractivity contribution in [3.05, 3.63) is 42.7 Å². The number of carbonyl (C=O) groups is 2. The average Bonchev–Trinajstić information content (AvgIpc) is 3.40. The Labute approximate surface area is 215 Å². The lowest BCUT2D eigenvalue weighted by molar-refractivity contribution is -0.939. The monoisotopic (exact) mass is 548 g/mol. The summed E-state index contributed by atoms with van der Waals surface area (Å²) in [5, 5.41) is 14.5. The molecule has 3 aliphatic heterocycles. The molecule has 2 aromatic rings. The van der Waals surface area contributed by atoms with Gasteiger partial charge in [-0.05, 0) is 18.9 Å². The Morgan fingerprint density at radius 3 is 2.60 bits per heavy atom. The number of aliphatic hydroxyl groups is 1. The first kappa shape index (κ1) is 25.8. The second-order valence-electron chi connectivity index (χ2n) is 10.2. The van der Waals surface area contributed by atoms with E-state index >= 15 is 0 Å². The van der Waals surface area contributed by atoms with E-state index in [4.69, 9.17) is 9.15 Å². The van der Waals surface area contributed by atoms with Crippen molar-refractivity contribution in [3.8, 4) is 0 Å². The maximum atomic E-state index is 13.6. The highest BCUT2D eigenvalue weighted by atomic mass is 79.9. The SMILES string of the molecule is O=C(C[N+]12CCC(CC1)C(OC(=O)[C@](O)(c1ccoc1)C1CCCCC1)C2)Nc1cnccn1.[Br-]. The number of ether oxygens (including phenoxy) is 1. The van der Waals surface area contributed by atoms with Gasteiger partial charge in [0.1, 0.15) is 6.54 Å². The Bertz CT molecular complexity index is 991. The summed E-state index contributed by atoms with van der Waals surface area (Å²) in [5.41, 5.74) is -1.23. The van der Waals surface area contributed by atoms with E-state index in [1.165, 1.54) is 24.9 Å². The Morgan fingerprint density at radius 1 is 1.17 bits per heavy atom. The lowest BCUT2D eigenvalue weighted by atomic mass is 9.74. The second-order valence-corrected chi connectivity index (χ2v) is 10.2. The van der Waals surface area contributed by atoms with Gasteiger partial charge in [-0.1, -0.05) is 19.3 Å². The zero-order valence-corrected chi connectivity index (χ0v) is 21.4. The molecule has 6 rings (SSSR count). The molecule has 10 heteroatoms. The van der Waals surface area contributed by atoms with Crippen molar-refractivity contribution in [2.45, 2.75) is 56.7 Å². The number of esters is 1. The Kier molecular flexibility index (Phi) is 7.92. The van der Waals surface area contributed by atoms with E-state index in [2.05, 4.69) is 15.3 Å². The van der Waals surface area contributed by atoms with Crippen molar-refractivity contribution in [3.63, 3.8) is 0 Å². The molecule has 0 aromatic carbocycles. The van der Waals surface area contributed by atoms with Gasteiger partial charge in [0.2, 0.25) is 0 Å². The van der Waals surface area contributed by atoms with Crippen LogP contribution in [-0.4, -0.2) is 63.7 Å². The number of rotatable bonds is 7. The summed E-state index contributed by atoms with van der Waals surface area (Å²) in [6.07, 6.45) is 13.7. The summed E-state index contributed by atoms with van der Waals surface area (Å²) in [4.78, 5) is 34.4. The zero-order chi connectivity index (χ0) is 23.6. The molecular formula is C25H33BrN4O5. The predicted molar refractivity (Wildman–Crippen MR) is 122 cm³/mol. The first-order valence-corrected chi connectivity index (χ1v) is 12.4. The molecular weight excluding hydrogens is 516 g/mol. The summed E-state index contributed by atoms with van der Waals surface area (Å²) in [6, 6.07) is 1.66. The van der Waals surface area contributed by atoms with Crippen molar-refractivity contribution in [2.24, 2.45) is 11.8 Å². The van der Waals surface area contributed by atoms with E-state index in [0.717, 1.165) is 58.0 Å². The zero-order valence-electron chi connectivity index (χ0n) is 19.8. The third kappa shape index (κ3) is 5.29. The van der Waals surface area contributed by atoms with E-state index in [-0.39, 0.29) is 40.8 Å². The fourth-order valence-electron chi connectivity index (χ4n) is 6.18. The van der Waals surface area contributed by atoms with Gasteiger partial charge in [0.25, 0.3) is 5.91 Å². The molecule has 1 aliphatic carbocycles. The summed E-state index contributed by atoms with van der Waals surface area (Å²) in [6.45, 7) is 2.63. The molecule has 2 aromatic heterocycles. The van der Waals surface area contributed by atoms with Gasteiger partial charge in [-0.25, -0.2) is 9.78 Å². The molecule has 35 heavy (non-hydrogen) atoms. The standard InChI is InChI=1S/C25H32N4O5.BrH/c30-23(28-22-14-26-9-10-27-22)16-29-11-6-18(7-12-29)21(15-29)34-24(31)25(32,20-8-13-33-17-20)19-4-2-1-3-5-19;/h8-10,13-14,17-19,21,32H,1-7,11-12,15-16H2;1H/t18?,21?,25-,29?;/m1./s1. The van der Waals surface area contributed by atoms with Crippen molar-refractivity contribution in [1.82, 2.24) is 9.97 Å². The number of hydrogen-bond acceptors (Lipinski definition) is 7. The number of furan rings is 1. The average molecular weight is 549 g/mol.